The number of benzene rings is 1. The van der Waals surface area contributed by atoms with Crippen molar-refractivity contribution in [2.45, 2.75) is 0 Å². The minimum atomic E-state index is -0.597. The summed E-state index contributed by atoms with van der Waals surface area (Å²) in [5.74, 6) is -0.597. The zero-order valence-electron chi connectivity index (χ0n) is 7.51. The lowest BCUT2D eigenvalue weighted by atomic mass is 10.2. The maximum Gasteiger partial charge on any atom is 0.284 e. The first kappa shape index (κ1) is 11.4. The number of rotatable bonds is 3. The zero-order chi connectivity index (χ0) is 11.4. The maximum absolute atomic E-state index is 10.6. The normalized spacial score (nSPS) is 10.5. The van der Waals surface area contributed by atoms with Crippen LogP contribution in [0.3, 0.4) is 0 Å². The Hall–Kier alpha value is -1.69. The molecule has 5 nitrogen and oxygen atoms in total. The molecule has 0 fully saturated rings. The summed E-state index contributed by atoms with van der Waals surface area (Å²) in [6.07, 6.45) is 2.56. The molecule has 1 rings (SSSR count). The summed E-state index contributed by atoms with van der Waals surface area (Å²) in [6, 6.07) is 4.53. The number of carbonyl (C=O) groups excluding carboxylic acids is 1. The molecule has 1 aromatic rings. The molecule has 0 aliphatic rings. The number of nitro benzene ring substituents is 1. The molecule has 0 aliphatic heterocycles. The Morgan fingerprint density at radius 1 is 1.53 bits per heavy atom. The van der Waals surface area contributed by atoms with Gasteiger partial charge in [0.05, 0.1) is 9.40 Å². The van der Waals surface area contributed by atoms with E-state index in [1.807, 2.05) is 0 Å². The number of primary amides is 1. The largest absolute Gasteiger partial charge is 0.366 e. The van der Waals surface area contributed by atoms with Gasteiger partial charge in [-0.25, -0.2) is 0 Å². The average Bonchev–Trinajstić information content (AvgIpc) is 2.16. The van der Waals surface area contributed by atoms with Crippen LogP contribution >= 0.6 is 15.9 Å². The van der Waals surface area contributed by atoms with Crippen LogP contribution in [0.25, 0.3) is 6.08 Å². The van der Waals surface area contributed by atoms with Crippen LogP contribution in [0.4, 0.5) is 5.69 Å². The fourth-order valence-electron chi connectivity index (χ4n) is 0.952. The number of nitrogens with zero attached hydrogens (tertiary/aromatic N) is 1. The van der Waals surface area contributed by atoms with Gasteiger partial charge >= 0.3 is 0 Å². The molecule has 0 saturated heterocycles. The van der Waals surface area contributed by atoms with Crippen molar-refractivity contribution in [3.05, 3.63) is 44.4 Å². The third kappa shape index (κ3) is 3.17. The monoisotopic (exact) mass is 270 g/mol. The first-order valence-corrected chi connectivity index (χ1v) is 4.71. The minimum absolute atomic E-state index is 0.0541. The lowest BCUT2D eigenvalue weighted by molar-refractivity contribution is -0.385. The molecule has 0 aliphatic carbocycles. The average molecular weight is 271 g/mol. The Labute approximate surface area is 93.9 Å². The minimum Gasteiger partial charge on any atom is -0.366 e. The third-order valence-corrected chi connectivity index (χ3v) is 2.28. The van der Waals surface area contributed by atoms with E-state index in [9.17, 15) is 14.9 Å². The van der Waals surface area contributed by atoms with Crippen molar-refractivity contribution < 1.29 is 9.72 Å². The van der Waals surface area contributed by atoms with Crippen molar-refractivity contribution in [3.63, 3.8) is 0 Å². The standard InChI is InChI=1S/C9H7BrN2O3/c10-7-3-1-6(2-4-9(11)13)5-8(7)12(14)15/h1-5H,(H2,11,13)/b4-2-. The molecule has 0 spiro atoms. The van der Waals surface area contributed by atoms with Crippen LogP contribution in [0.5, 0.6) is 0 Å². The molecule has 0 bridgehead atoms. The lowest BCUT2D eigenvalue weighted by Gasteiger charge is -1.96. The van der Waals surface area contributed by atoms with E-state index in [2.05, 4.69) is 15.9 Å². The van der Waals surface area contributed by atoms with E-state index in [-0.39, 0.29) is 5.69 Å². The van der Waals surface area contributed by atoms with Gasteiger partial charge in [0.15, 0.2) is 0 Å². The Balaban J connectivity index is 3.08. The number of halogens is 1. The van der Waals surface area contributed by atoms with E-state index in [1.165, 1.54) is 12.1 Å². The summed E-state index contributed by atoms with van der Waals surface area (Å²) >= 11 is 3.05. The maximum atomic E-state index is 10.6. The smallest absolute Gasteiger partial charge is 0.284 e. The van der Waals surface area contributed by atoms with Crippen LogP contribution in [0.15, 0.2) is 28.7 Å². The number of amides is 1. The van der Waals surface area contributed by atoms with E-state index in [1.54, 1.807) is 12.1 Å². The van der Waals surface area contributed by atoms with Gasteiger partial charge in [-0.1, -0.05) is 6.07 Å². The van der Waals surface area contributed by atoms with E-state index < -0.39 is 10.8 Å². The molecule has 0 heterocycles. The van der Waals surface area contributed by atoms with Crippen molar-refractivity contribution >= 4 is 33.6 Å². The summed E-state index contributed by atoms with van der Waals surface area (Å²) in [5.41, 5.74) is 5.39. The zero-order valence-corrected chi connectivity index (χ0v) is 9.10. The van der Waals surface area contributed by atoms with Crippen molar-refractivity contribution in [2.75, 3.05) is 0 Å². The van der Waals surface area contributed by atoms with Gasteiger partial charge in [0.1, 0.15) is 0 Å². The second-order valence-corrected chi connectivity index (χ2v) is 3.56. The van der Waals surface area contributed by atoms with Gasteiger partial charge in [-0.05, 0) is 33.6 Å². The van der Waals surface area contributed by atoms with Gasteiger partial charge in [-0.2, -0.15) is 0 Å². The number of hydrogen-bond donors (Lipinski definition) is 1. The predicted octanol–water partition coefficient (Wildman–Crippen LogP) is 1.86. The molecular formula is C9H7BrN2O3. The predicted molar refractivity (Wildman–Crippen MR) is 59.0 cm³/mol. The highest BCUT2D eigenvalue weighted by molar-refractivity contribution is 9.10. The Morgan fingerprint density at radius 3 is 2.73 bits per heavy atom. The fourth-order valence-corrected chi connectivity index (χ4v) is 1.34. The Kier molecular flexibility index (Phi) is 3.56. The number of nitrogens with two attached hydrogens (primary N) is 1. The molecule has 15 heavy (non-hydrogen) atoms. The van der Waals surface area contributed by atoms with E-state index >= 15 is 0 Å². The number of hydrogen-bond acceptors (Lipinski definition) is 3. The first-order valence-electron chi connectivity index (χ1n) is 3.92. The molecule has 78 valence electrons. The Bertz CT molecular complexity index is 443. The summed E-state index contributed by atoms with van der Waals surface area (Å²) in [5, 5.41) is 10.6. The van der Waals surface area contributed by atoms with E-state index in [0.717, 1.165) is 6.08 Å². The number of nitro groups is 1. The summed E-state index contributed by atoms with van der Waals surface area (Å²) < 4.78 is 0.392. The van der Waals surface area contributed by atoms with Crippen LogP contribution in [-0.4, -0.2) is 10.8 Å². The molecule has 1 amide bonds. The van der Waals surface area contributed by atoms with Crippen molar-refractivity contribution in [1.29, 1.82) is 0 Å². The van der Waals surface area contributed by atoms with Crippen molar-refractivity contribution in [2.24, 2.45) is 5.73 Å². The fraction of sp³-hybridized carbons (Fsp3) is 0. The summed E-state index contributed by atoms with van der Waals surface area (Å²) in [6.45, 7) is 0. The second kappa shape index (κ2) is 4.70. The highest BCUT2D eigenvalue weighted by atomic mass is 79.9. The van der Waals surface area contributed by atoms with Gasteiger partial charge in [0.2, 0.25) is 5.91 Å². The Morgan fingerprint density at radius 2 is 2.20 bits per heavy atom. The lowest BCUT2D eigenvalue weighted by Crippen LogP contribution is -2.05. The second-order valence-electron chi connectivity index (χ2n) is 2.70. The van der Waals surface area contributed by atoms with E-state index in [4.69, 9.17) is 5.73 Å². The molecular weight excluding hydrogens is 264 g/mol. The highest BCUT2D eigenvalue weighted by Gasteiger charge is 2.10. The van der Waals surface area contributed by atoms with Crippen LogP contribution in [0.1, 0.15) is 5.56 Å². The first-order chi connectivity index (χ1) is 7.00. The van der Waals surface area contributed by atoms with Crippen molar-refractivity contribution in [3.8, 4) is 0 Å². The van der Waals surface area contributed by atoms with Gasteiger partial charge in [-0.15, -0.1) is 0 Å². The molecule has 0 radical (unpaired) electrons. The highest BCUT2D eigenvalue weighted by Crippen LogP contribution is 2.25. The SMILES string of the molecule is NC(=O)/C=C\c1ccc(Br)c([N+](=O)[O-])c1. The summed E-state index contributed by atoms with van der Waals surface area (Å²) in [4.78, 5) is 20.5. The van der Waals surface area contributed by atoms with E-state index in [0.29, 0.717) is 10.0 Å². The third-order valence-electron chi connectivity index (χ3n) is 1.61. The molecule has 0 unspecified atom stereocenters. The van der Waals surface area contributed by atoms with Crippen LogP contribution in [0, 0.1) is 10.1 Å². The molecule has 0 aromatic heterocycles. The molecule has 2 N–H and O–H groups in total. The number of carbonyl (C=O) groups is 1. The summed E-state index contributed by atoms with van der Waals surface area (Å²) in [7, 11) is 0. The van der Waals surface area contributed by atoms with Gasteiger partial charge in [0, 0.05) is 12.1 Å². The van der Waals surface area contributed by atoms with Gasteiger partial charge < -0.3 is 5.73 Å². The topological polar surface area (TPSA) is 86.2 Å². The quantitative estimate of drug-likeness (QED) is 0.517. The molecule has 0 atom stereocenters. The van der Waals surface area contributed by atoms with Crippen molar-refractivity contribution in [1.82, 2.24) is 0 Å². The molecule has 1 aromatic carbocycles. The van der Waals surface area contributed by atoms with Crippen LogP contribution in [0.2, 0.25) is 0 Å². The van der Waals surface area contributed by atoms with Gasteiger partial charge in [-0.3, -0.25) is 14.9 Å². The molecule has 0 saturated carbocycles. The van der Waals surface area contributed by atoms with Gasteiger partial charge in [0.25, 0.3) is 5.69 Å². The van der Waals surface area contributed by atoms with Crippen LogP contribution < -0.4 is 5.73 Å². The molecule has 6 heteroatoms. The van der Waals surface area contributed by atoms with Crippen LogP contribution in [-0.2, 0) is 4.79 Å².